The second-order valence-electron chi connectivity index (χ2n) is 7.76. The van der Waals surface area contributed by atoms with Crippen LogP contribution in [0, 0.1) is 30.1 Å². The summed E-state index contributed by atoms with van der Waals surface area (Å²) >= 11 is 0. The van der Waals surface area contributed by atoms with Crippen LogP contribution in [-0.4, -0.2) is 0 Å². The molecule has 2 atom stereocenters. The van der Waals surface area contributed by atoms with Crippen LogP contribution in [0.1, 0.15) is 71.6 Å². The second kappa shape index (κ2) is 6.49. The normalized spacial score (nSPS) is 30.0. The van der Waals surface area contributed by atoms with Gasteiger partial charge in [-0.25, -0.2) is 0 Å². The fraction of sp³-hybridized carbons (Fsp3) is 0.636. The quantitative estimate of drug-likeness (QED) is 0.419. The molecule has 0 amide bonds. The third-order valence-electron chi connectivity index (χ3n) is 5.97. The van der Waals surface area contributed by atoms with Crippen LogP contribution in [0.3, 0.4) is 0 Å². The molecule has 0 aromatic rings. The molecule has 0 spiro atoms. The van der Waals surface area contributed by atoms with Gasteiger partial charge < -0.3 is 0 Å². The van der Waals surface area contributed by atoms with Gasteiger partial charge in [-0.05, 0) is 93.6 Å². The summed E-state index contributed by atoms with van der Waals surface area (Å²) in [4.78, 5) is 0. The van der Waals surface area contributed by atoms with Gasteiger partial charge in [0.15, 0.2) is 0 Å². The monoisotopic (exact) mass is 294 g/mol. The highest BCUT2D eigenvalue weighted by Crippen LogP contribution is 2.49. The van der Waals surface area contributed by atoms with Crippen molar-refractivity contribution in [1.82, 2.24) is 0 Å². The van der Waals surface area contributed by atoms with E-state index >= 15 is 0 Å². The summed E-state index contributed by atoms with van der Waals surface area (Å²) in [6.45, 7) is 8.81. The van der Waals surface area contributed by atoms with Gasteiger partial charge in [0.1, 0.15) is 0 Å². The molecule has 3 aliphatic carbocycles. The molecule has 1 saturated carbocycles. The lowest BCUT2D eigenvalue weighted by molar-refractivity contribution is 0.488. The number of allylic oxidation sites excluding steroid dienone is 5. The van der Waals surface area contributed by atoms with Gasteiger partial charge in [0.2, 0.25) is 0 Å². The van der Waals surface area contributed by atoms with E-state index in [0.29, 0.717) is 5.92 Å². The van der Waals surface area contributed by atoms with E-state index in [9.17, 15) is 0 Å². The smallest absolute Gasteiger partial charge is 0.0271 e. The molecular formula is C22H30. The first-order chi connectivity index (χ1) is 10.6. The minimum absolute atomic E-state index is 0.676. The Morgan fingerprint density at radius 2 is 1.82 bits per heavy atom. The maximum absolute atomic E-state index is 5.98. The van der Waals surface area contributed by atoms with E-state index in [1.54, 1.807) is 16.7 Å². The molecule has 3 aliphatic rings. The van der Waals surface area contributed by atoms with E-state index in [1.165, 1.54) is 68.9 Å². The number of terminal acetylenes is 1. The number of hydrogen-bond acceptors (Lipinski definition) is 0. The van der Waals surface area contributed by atoms with Crippen molar-refractivity contribution >= 4 is 0 Å². The zero-order valence-electron chi connectivity index (χ0n) is 14.4. The molecule has 0 bridgehead atoms. The molecular weight excluding hydrogens is 264 g/mol. The average molecular weight is 294 g/mol. The highest BCUT2D eigenvalue weighted by molar-refractivity contribution is 5.54. The van der Waals surface area contributed by atoms with E-state index in [0.717, 1.165) is 11.8 Å². The zero-order valence-corrected chi connectivity index (χ0v) is 14.4. The van der Waals surface area contributed by atoms with Crippen LogP contribution in [0.2, 0.25) is 0 Å². The minimum Gasteiger partial charge on any atom is -0.115 e. The maximum Gasteiger partial charge on any atom is 0.0271 e. The summed E-state index contributed by atoms with van der Waals surface area (Å²) in [5, 5.41) is 0. The van der Waals surface area contributed by atoms with E-state index in [-0.39, 0.29) is 0 Å². The first kappa shape index (κ1) is 15.7. The maximum atomic E-state index is 5.98. The van der Waals surface area contributed by atoms with Crippen molar-refractivity contribution in [2.75, 3.05) is 0 Å². The molecule has 0 nitrogen and oxygen atoms in total. The molecule has 22 heavy (non-hydrogen) atoms. The Hall–Kier alpha value is -1.22. The van der Waals surface area contributed by atoms with E-state index < -0.39 is 0 Å². The van der Waals surface area contributed by atoms with Gasteiger partial charge in [-0.3, -0.25) is 0 Å². The fourth-order valence-electron chi connectivity index (χ4n) is 4.65. The lowest BCUT2D eigenvalue weighted by Crippen LogP contribution is -2.15. The standard InChI is InChI=1S/C22H30/c1-5-20-21-11-7-9-17(15(2)3)8-6-10-19(21)14-16(4)22(20)18-12-13-18/h1,16-18H,2,6-14H2,3-4H3. The van der Waals surface area contributed by atoms with Gasteiger partial charge in [0.05, 0.1) is 0 Å². The summed E-state index contributed by atoms with van der Waals surface area (Å²) in [6, 6.07) is 0. The molecule has 3 rings (SSSR count). The first-order valence-electron chi connectivity index (χ1n) is 9.19. The Morgan fingerprint density at radius 1 is 1.14 bits per heavy atom. The van der Waals surface area contributed by atoms with Gasteiger partial charge in [0.25, 0.3) is 0 Å². The Balaban J connectivity index is 1.88. The molecule has 0 aromatic heterocycles. The summed E-state index contributed by atoms with van der Waals surface area (Å²) < 4.78 is 0. The van der Waals surface area contributed by atoms with Crippen LogP contribution in [-0.2, 0) is 0 Å². The van der Waals surface area contributed by atoms with E-state index in [1.807, 2.05) is 0 Å². The fourth-order valence-corrected chi connectivity index (χ4v) is 4.65. The average Bonchev–Trinajstić information content (AvgIpc) is 3.29. The third kappa shape index (κ3) is 3.10. The van der Waals surface area contributed by atoms with Gasteiger partial charge >= 0.3 is 0 Å². The predicted molar refractivity (Wildman–Crippen MR) is 95.4 cm³/mol. The largest absolute Gasteiger partial charge is 0.115 e. The van der Waals surface area contributed by atoms with Crippen molar-refractivity contribution in [3.05, 3.63) is 34.4 Å². The molecule has 0 heteroatoms. The van der Waals surface area contributed by atoms with Crippen molar-refractivity contribution in [2.24, 2.45) is 17.8 Å². The second-order valence-corrected chi connectivity index (χ2v) is 7.76. The molecule has 1 fully saturated rings. The summed E-state index contributed by atoms with van der Waals surface area (Å²) in [6.07, 6.45) is 17.6. The van der Waals surface area contributed by atoms with Crippen LogP contribution in [0.15, 0.2) is 34.4 Å². The first-order valence-corrected chi connectivity index (χ1v) is 9.19. The van der Waals surface area contributed by atoms with E-state index in [2.05, 4.69) is 26.3 Å². The molecule has 0 aromatic carbocycles. The Kier molecular flexibility index (Phi) is 4.62. The molecule has 0 radical (unpaired) electrons. The zero-order chi connectivity index (χ0) is 15.7. The third-order valence-corrected chi connectivity index (χ3v) is 5.97. The van der Waals surface area contributed by atoms with Crippen molar-refractivity contribution in [1.29, 1.82) is 0 Å². The SMILES string of the molecule is C#CC1=C(C2CC2)C(C)CC2=C1CCCC(C(=C)C)CCC2. The highest BCUT2D eigenvalue weighted by Gasteiger charge is 2.35. The van der Waals surface area contributed by atoms with Crippen molar-refractivity contribution in [3.8, 4) is 12.3 Å². The van der Waals surface area contributed by atoms with Crippen molar-refractivity contribution < 1.29 is 0 Å². The number of rotatable bonds is 2. The number of hydrogen-bond donors (Lipinski definition) is 0. The van der Waals surface area contributed by atoms with Crippen molar-refractivity contribution in [2.45, 2.75) is 71.6 Å². The summed E-state index contributed by atoms with van der Waals surface area (Å²) in [7, 11) is 0. The topological polar surface area (TPSA) is 0 Å². The molecule has 0 saturated heterocycles. The molecule has 2 unspecified atom stereocenters. The predicted octanol–water partition coefficient (Wildman–Crippen LogP) is 6.21. The minimum atomic E-state index is 0.676. The molecule has 0 aliphatic heterocycles. The Morgan fingerprint density at radius 3 is 2.41 bits per heavy atom. The lowest BCUT2D eigenvalue weighted by Gasteiger charge is -2.29. The van der Waals surface area contributed by atoms with Crippen LogP contribution >= 0.6 is 0 Å². The molecule has 0 heterocycles. The van der Waals surface area contributed by atoms with Crippen molar-refractivity contribution in [3.63, 3.8) is 0 Å². The lowest BCUT2D eigenvalue weighted by atomic mass is 9.75. The summed E-state index contributed by atoms with van der Waals surface area (Å²) in [5.74, 6) is 5.32. The van der Waals surface area contributed by atoms with Gasteiger partial charge in [-0.1, -0.05) is 30.6 Å². The van der Waals surface area contributed by atoms with Gasteiger partial charge in [-0.15, -0.1) is 6.42 Å². The van der Waals surface area contributed by atoms with E-state index in [4.69, 9.17) is 6.42 Å². The highest BCUT2D eigenvalue weighted by atomic mass is 14.4. The molecule has 0 N–H and O–H groups in total. The van der Waals surface area contributed by atoms with Crippen LogP contribution in [0.5, 0.6) is 0 Å². The van der Waals surface area contributed by atoms with Crippen LogP contribution in [0.25, 0.3) is 0 Å². The molecule has 118 valence electrons. The van der Waals surface area contributed by atoms with Crippen LogP contribution in [0.4, 0.5) is 0 Å². The Labute approximate surface area is 136 Å². The van der Waals surface area contributed by atoms with Gasteiger partial charge in [-0.2, -0.15) is 0 Å². The summed E-state index contributed by atoms with van der Waals surface area (Å²) in [5.41, 5.74) is 7.60. The Bertz CT molecular complexity index is 559. The van der Waals surface area contributed by atoms with Crippen LogP contribution < -0.4 is 0 Å². The van der Waals surface area contributed by atoms with Gasteiger partial charge in [0, 0.05) is 5.57 Å².